The first-order valence-corrected chi connectivity index (χ1v) is 6.24. The molecule has 0 aliphatic rings. The van der Waals surface area contributed by atoms with Crippen molar-refractivity contribution in [1.82, 2.24) is 14.7 Å². The van der Waals surface area contributed by atoms with Crippen LogP contribution in [0, 0.1) is 6.92 Å². The second-order valence-electron chi connectivity index (χ2n) is 4.22. The van der Waals surface area contributed by atoms with Crippen LogP contribution in [0.2, 0.25) is 0 Å². The monoisotopic (exact) mass is 262 g/mol. The Morgan fingerprint density at radius 2 is 2.42 bits per heavy atom. The van der Waals surface area contributed by atoms with Gasteiger partial charge in [-0.25, -0.2) is 4.98 Å². The average molecular weight is 262 g/mol. The van der Waals surface area contributed by atoms with E-state index in [1.165, 1.54) is 0 Å². The van der Waals surface area contributed by atoms with Crippen LogP contribution in [0.15, 0.2) is 24.5 Å². The zero-order chi connectivity index (χ0) is 13.7. The number of carbonyl (C=O) groups excluding carboxylic acids is 1. The lowest BCUT2D eigenvalue weighted by Crippen LogP contribution is -2.29. The highest BCUT2D eigenvalue weighted by Gasteiger charge is 2.06. The lowest BCUT2D eigenvalue weighted by Gasteiger charge is -2.07. The fraction of sp³-hybridized carbons (Fsp3) is 0.385. The van der Waals surface area contributed by atoms with Crippen LogP contribution in [0.25, 0.3) is 5.65 Å². The van der Waals surface area contributed by atoms with Crippen LogP contribution in [0.3, 0.4) is 0 Å². The number of imidazole rings is 1. The van der Waals surface area contributed by atoms with Crippen molar-refractivity contribution >= 4 is 11.6 Å². The molecule has 19 heavy (non-hydrogen) atoms. The normalized spacial score (nSPS) is 10.6. The number of pyridine rings is 1. The summed E-state index contributed by atoms with van der Waals surface area (Å²) in [5, 5.41) is 2.70. The van der Waals surface area contributed by atoms with Gasteiger partial charge in [-0.05, 0) is 19.1 Å². The maximum atomic E-state index is 11.4. The largest absolute Gasteiger partial charge is 0.489 e. The SMILES string of the molecule is Cc1cn2cccc(OCCC(=O)NCCN)c2n1. The molecule has 6 heteroatoms. The first-order valence-electron chi connectivity index (χ1n) is 6.24. The van der Waals surface area contributed by atoms with Gasteiger partial charge in [0.05, 0.1) is 18.7 Å². The zero-order valence-electron chi connectivity index (χ0n) is 10.9. The minimum Gasteiger partial charge on any atom is -0.489 e. The second kappa shape index (κ2) is 6.19. The maximum absolute atomic E-state index is 11.4. The lowest BCUT2D eigenvalue weighted by molar-refractivity contribution is -0.121. The number of fused-ring (bicyclic) bond motifs is 1. The van der Waals surface area contributed by atoms with Gasteiger partial charge in [-0.15, -0.1) is 0 Å². The van der Waals surface area contributed by atoms with Crippen molar-refractivity contribution in [3.63, 3.8) is 0 Å². The van der Waals surface area contributed by atoms with E-state index in [0.717, 1.165) is 11.3 Å². The molecular weight excluding hydrogens is 244 g/mol. The van der Waals surface area contributed by atoms with Crippen LogP contribution in [-0.2, 0) is 4.79 Å². The fourth-order valence-electron chi connectivity index (χ4n) is 1.78. The molecule has 102 valence electrons. The molecule has 2 aromatic rings. The standard InChI is InChI=1S/C13H18N4O2/c1-10-9-17-7-2-3-11(13(17)16-10)19-8-4-12(18)15-6-5-14/h2-3,7,9H,4-6,8,14H2,1H3,(H,15,18). The van der Waals surface area contributed by atoms with Crippen LogP contribution in [0.5, 0.6) is 5.75 Å². The number of nitrogens with two attached hydrogens (primary N) is 1. The van der Waals surface area contributed by atoms with Crippen molar-refractivity contribution in [2.75, 3.05) is 19.7 Å². The van der Waals surface area contributed by atoms with E-state index in [0.29, 0.717) is 31.9 Å². The van der Waals surface area contributed by atoms with Gasteiger partial charge in [-0.3, -0.25) is 4.79 Å². The maximum Gasteiger partial charge on any atom is 0.223 e. The number of aryl methyl sites for hydroxylation is 1. The molecule has 0 aromatic carbocycles. The average Bonchev–Trinajstić information content (AvgIpc) is 2.77. The summed E-state index contributed by atoms with van der Waals surface area (Å²) >= 11 is 0. The van der Waals surface area contributed by atoms with Gasteiger partial charge in [0.1, 0.15) is 0 Å². The molecule has 2 heterocycles. The highest BCUT2D eigenvalue weighted by molar-refractivity contribution is 5.76. The number of aromatic nitrogens is 2. The van der Waals surface area contributed by atoms with E-state index >= 15 is 0 Å². The number of carbonyl (C=O) groups is 1. The third-order valence-electron chi connectivity index (χ3n) is 2.62. The number of amides is 1. The Hall–Kier alpha value is -2.08. The molecule has 1 amide bonds. The third-order valence-corrected chi connectivity index (χ3v) is 2.62. The topological polar surface area (TPSA) is 81.7 Å². The number of hydrogen-bond acceptors (Lipinski definition) is 4. The predicted octanol–water partition coefficient (Wildman–Crippen LogP) is 0.487. The van der Waals surface area contributed by atoms with E-state index in [1.54, 1.807) is 0 Å². The Morgan fingerprint density at radius 1 is 1.58 bits per heavy atom. The third kappa shape index (κ3) is 3.45. The summed E-state index contributed by atoms with van der Waals surface area (Å²) in [6, 6.07) is 3.73. The van der Waals surface area contributed by atoms with Gasteiger partial charge in [0, 0.05) is 25.5 Å². The van der Waals surface area contributed by atoms with Crippen LogP contribution in [0.4, 0.5) is 0 Å². The molecule has 0 saturated carbocycles. The fourth-order valence-corrected chi connectivity index (χ4v) is 1.78. The summed E-state index contributed by atoms with van der Waals surface area (Å²) < 4.78 is 7.51. The van der Waals surface area contributed by atoms with Gasteiger partial charge in [0.2, 0.25) is 5.91 Å². The first-order chi connectivity index (χ1) is 9.20. The van der Waals surface area contributed by atoms with Gasteiger partial charge < -0.3 is 20.2 Å². The highest BCUT2D eigenvalue weighted by atomic mass is 16.5. The van der Waals surface area contributed by atoms with Crippen LogP contribution in [0.1, 0.15) is 12.1 Å². The summed E-state index contributed by atoms with van der Waals surface area (Å²) in [6.45, 7) is 3.19. The minimum atomic E-state index is -0.0584. The van der Waals surface area contributed by atoms with Crippen LogP contribution >= 0.6 is 0 Å². The Bertz CT molecular complexity index is 565. The molecule has 0 aliphatic heterocycles. The van der Waals surface area contributed by atoms with E-state index in [-0.39, 0.29) is 5.91 Å². The molecule has 0 radical (unpaired) electrons. The summed E-state index contributed by atoms with van der Waals surface area (Å²) in [5.41, 5.74) is 7.00. The van der Waals surface area contributed by atoms with Gasteiger partial charge in [-0.1, -0.05) is 0 Å². The van der Waals surface area contributed by atoms with Crippen LogP contribution in [-0.4, -0.2) is 35.0 Å². The molecule has 6 nitrogen and oxygen atoms in total. The smallest absolute Gasteiger partial charge is 0.223 e. The van der Waals surface area contributed by atoms with Gasteiger partial charge in [-0.2, -0.15) is 0 Å². The molecule has 3 N–H and O–H groups in total. The van der Waals surface area contributed by atoms with Gasteiger partial charge in [0.15, 0.2) is 11.4 Å². The molecule has 0 fully saturated rings. The Kier molecular flexibility index (Phi) is 4.35. The Morgan fingerprint density at radius 3 is 3.21 bits per heavy atom. The van der Waals surface area contributed by atoms with E-state index < -0.39 is 0 Å². The Balaban J connectivity index is 1.93. The van der Waals surface area contributed by atoms with Crippen molar-refractivity contribution in [1.29, 1.82) is 0 Å². The summed E-state index contributed by atoms with van der Waals surface area (Å²) in [4.78, 5) is 15.8. The van der Waals surface area contributed by atoms with Crippen molar-refractivity contribution in [3.8, 4) is 5.75 Å². The molecule has 0 aliphatic carbocycles. The summed E-state index contributed by atoms with van der Waals surface area (Å²) in [5.74, 6) is 0.624. The quantitative estimate of drug-likeness (QED) is 0.793. The number of hydrogen-bond donors (Lipinski definition) is 2. The Labute approximate surface area is 111 Å². The molecular formula is C13H18N4O2. The number of nitrogens with one attached hydrogen (secondary N) is 1. The minimum absolute atomic E-state index is 0.0584. The zero-order valence-corrected chi connectivity index (χ0v) is 10.9. The van der Waals surface area contributed by atoms with Gasteiger partial charge >= 0.3 is 0 Å². The van der Waals surface area contributed by atoms with Gasteiger partial charge in [0.25, 0.3) is 0 Å². The van der Waals surface area contributed by atoms with Crippen molar-refractivity contribution < 1.29 is 9.53 Å². The number of rotatable bonds is 6. The summed E-state index contributed by atoms with van der Waals surface area (Å²) in [7, 11) is 0. The molecule has 0 bridgehead atoms. The molecule has 0 unspecified atom stereocenters. The van der Waals surface area contributed by atoms with E-state index in [2.05, 4.69) is 10.3 Å². The number of nitrogens with zero attached hydrogens (tertiary/aromatic N) is 2. The van der Waals surface area contributed by atoms with Crippen molar-refractivity contribution in [2.24, 2.45) is 5.73 Å². The van der Waals surface area contributed by atoms with Crippen LogP contribution < -0.4 is 15.8 Å². The molecule has 0 saturated heterocycles. The predicted molar refractivity (Wildman–Crippen MR) is 72.1 cm³/mol. The summed E-state index contributed by atoms with van der Waals surface area (Å²) in [6.07, 6.45) is 4.15. The van der Waals surface area contributed by atoms with E-state index in [9.17, 15) is 4.79 Å². The lowest BCUT2D eigenvalue weighted by atomic mass is 10.4. The second-order valence-corrected chi connectivity index (χ2v) is 4.22. The molecule has 0 atom stereocenters. The van der Waals surface area contributed by atoms with Crippen molar-refractivity contribution in [2.45, 2.75) is 13.3 Å². The van der Waals surface area contributed by atoms with E-state index in [4.69, 9.17) is 10.5 Å². The molecule has 0 spiro atoms. The van der Waals surface area contributed by atoms with E-state index in [1.807, 2.05) is 35.9 Å². The van der Waals surface area contributed by atoms with Crippen molar-refractivity contribution in [3.05, 3.63) is 30.2 Å². The first kappa shape index (κ1) is 13.4. The number of ether oxygens (including phenoxy) is 1. The highest BCUT2D eigenvalue weighted by Crippen LogP contribution is 2.18. The molecule has 2 rings (SSSR count). The molecule has 2 aromatic heterocycles.